The lowest BCUT2D eigenvalue weighted by Crippen LogP contribution is -2.37. The maximum Gasteiger partial charge on any atom is 0.243 e. The third-order valence-electron chi connectivity index (χ3n) is 7.02. The molecular weight excluding hydrogens is 815 g/mol. The van der Waals surface area contributed by atoms with Crippen LogP contribution in [0.1, 0.15) is 25.7 Å². The van der Waals surface area contributed by atoms with Crippen LogP contribution in [0, 0.1) is 23.7 Å². The van der Waals surface area contributed by atoms with E-state index in [1.54, 1.807) is 0 Å². The second-order valence-corrected chi connectivity index (χ2v) is 21.6. The second kappa shape index (κ2) is 13.7. The molecule has 0 radical (unpaired) electrons. The molecule has 0 aromatic rings. The van der Waals surface area contributed by atoms with E-state index >= 15 is 0 Å². The van der Waals surface area contributed by atoms with Crippen LogP contribution < -0.4 is 0 Å². The minimum atomic E-state index is -1.79. The van der Waals surface area contributed by atoms with Crippen molar-refractivity contribution in [2.45, 2.75) is 63.9 Å². The molecule has 4 aliphatic rings. The molecule has 4 amide bonds. The fraction of sp³-hybridized carbons (Fsp3) is 0.800. The van der Waals surface area contributed by atoms with Gasteiger partial charge in [-0.25, -0.2) is 8.61 Å². The molecule has 0 aromatic heterocycles. The van der Waals surface area contributed by atoms with Gasteiger partial charge in [0, 0.05) is 45.1 Å². The number of rotatable bonds is 9. The summed E-state index contributed by atoms with van der Waals surface area (Å²) in [6.07, 6.45) is 1.27. The average Bonchev–Trinajstić information content (AvgIpc) is 3.21. The van der Waals surface area contributed by atoms with Crippen molar-refractivity contribution in [3.63, 3.8) is 0 Å². The Morgan fingerprint density at radius 2 is 0.850 bits per heavy atom. The van der Waals surface area contributed by atoms with Gasteiger partial charge >= 0.3 is 0 Å². The molecule has 40 heavy (non-hydrogen) atoms. The highest BCUT2D eigenvalue weighted by Gasteiger charge is 2.57. The topological polar surface area (TPSA) is 74.8 Å². The molecule has 0 spiro atoms. The summed E-state index contributed by atoms with van der Waals surface area (Å²) < 4.78 is -1.71. The SMILES string of the molecule is O=C1[C@H]2C[C@H](Cl)[C@H](SS[C@@H]3C[C@H]4C(=O)N(SC(Cl)(Cl)C(Cl)Cl)C(=O)[C@@H]4C[C@@H]3Cl)C[C@H]2C(=O)N1SC(Cl)(Cl)C(Cl)Cl. The van der Waals surface area contributed by atoms with Crippen LogP contribution in [0.3, 0.4) is 0 Å². The second-order valence-electron chi connectivity index (χ2n) is 9.52. The Hall–Kier alpha value is 2.58. The summed E-state index contributed by atoms with van der Waals surface area (Å²) in [5, 5.41) is -1.19. The molecule has 0 unspecified atom stereocenters. The molecule has 0 aromatic carbocycles. The third kappa shape index (κ3) is 7.26. The number of fused-ring (bicyclic) bond motifs is 2. The van der Waals surface area contributed by atoms with Gasteiger partial charge in [0.2, 0.25) is 31.0 Å². The highest BCUT2D eigenvalue weighted by atomic mass is 35.6. The van der Waals surface area contributed by atoms with Gasteiger partial charge in [-0.3, -0.25) is 19.2 Å². The molecule has 4 fully saturated rings. The highest BCUT2D eigenvalue weighted by Crippen LogP contribution is 2.55. The maximum atomic E-state index is 13.1. The van der Waals surface area contributed by atoms with Crippen molar-refractivity contribution in [3.05, 3.63) is 0 Å². The number of hydrogen-bond donors (Lipinski definition) is 0. The lowest BCUT2D eigenvalue weighted by Gasteiger charge is -2.35. The molecule has 20 heteroatoms. The zero-order valence-electron chi connectivity index (χ0n) is 19.5. The lowest BCUT2D eigenvalue weighted by atomic mass is 9.80. The Balaban J connectivity index is 1.38. The van der Waals surface area contributed by atoms with E-state index in [9.17, 15) is 19.2 Å². The number of halogens is 10. The highest BCUT2D eigenvalue weighted by molar-refractivity contribution is 8.77. The number of carbonyl (C=O) groups excluding carboxylic acids is 4. The zero-order chi connectivity index (χ0) is 29.9. The largest absolute Gasteiger partial charge is 0.273 e. The average molecular weight is 833 g/mol. The summed E-state index contributed by atoms with van der Waals surface area (Å²) in [6, 6.07) is 0. The molecule has 4 rings (SSSR count). The van der Waals surface area contributed by atoms with Crippen LogP contribution in [0.4, 0.5) is 0 Å². The van der Waals surface area contributed by atoms with Gasteiger partial charge in [0.1, 0.15) is 0 Å². The Kier molecular flexibility index (Phi) is 12.2. The van der Waals surface area contributed by atoms with Crippen molar-refractivity contribution in [1.82, 2.24) is 8.61 Å². The van der Waals surface area contributed by atoms with Crippen LogP contribution in [-0.2, 0) is 19.2 Å². The molecule has 6 nitrogen and oxygen atoms in total. The van der Waals surface area contributed by atoms with Crippen LogP contribution in [0.5, 0.6) is 0 Å². The Morgan fingerprint density at radius 3 is 1.12 bits per heavy atom. The molecule has 226 valence electrons. The van der Waals surface area contributed by atoms with Crippen LogP contribution in [0.2, 0.25) is 0 Å². The van der Waals surface area contributed by atoms with Crippen molar-refractivity contribution in [2.75, 3.05) is 0 Å². The van der Waals surface area contributed by atoms with Crippen molar-refractivity contribution >= 4 is 185 Å². The quantitative estimate of drug-likeness (QED) is 0.0996. The first kappa shape index (κ1) is 35.4. The standard InChI is InChI=1S/C20H18Cl10N2O4S4/c21-9-1-5-7(15(35)31(13(5)33)39-19(27,28)17(23)24)3-11(9)37-38-12-4-8-6(2-10(12)22)14(34)32(16(8)36)40-20(29,30)18(25)26/h5-12,17-18H,1-4H2/t5-,6+,7-,8-,9+,10+,11-,12-/m1/s1. The zero-order valence-corrected chi connectivity index (χ0v) is 30.4. The normalized spacial score (nSPS) is 35.3. The van der Waals surface area contributed by atoms with Crippen molar-refractivity contribution < 1.29 is 19.2 Å². The molecule has 2 aliphatic carbocycles. The molecule has 0 bridgehead atoms. The van der Waals surface area contributed by atoms with Gasteiger partial charge in [-0.05, 0) is 25.7 Å². The lowest BCUT2D eigenvalue weighted by molar-refractivity contribution is -0.134. The monoisotopic (exact) mass is 828 g/mol. The predicted molar refractivity (Wildman–Crippen MR) is 173 cm³/mol. The van der Waals surface area contributed by atoms with Gasteiger partial charge in [0.15, 0.2) is 9.67 Å². The fourth-order valence-electron chi connectivity index (χ4n) is 5.00. The van der Waals surface area contributed by atoms with E-state index < -0.39 is 75.1 Å². The summed E-state index contributed by atoms with van der Waals surface area (Å²) in [4.78, 5) is 49.7. The number of alkyl halides is 10. The first-order valence-corrected chi connectivity index (χ1v) is 19.5. The molecular formula is C20H18Cl10N2O4S4. The van der Waals surface area contributed by atoms with Crippen molar-refractivity contribution in [2.24, 2.45) is 23.7 Å². The van der Waals surface area contributed by atoms with Gasteiger partial charge in [-0.2, -0.15) is 0 Å². The molecule has 2 aliphatic heterocycles. The molecule has 8 atom stereocenters. The van der Waals surface area contributed by atoms with Gasteiger partial charge in [-0.15, -0.1) is 69.6 Å². The van der Waals surface area contributed by atoms with Gasteiger partial charge < -0.3 is 0 Å². The smallest absolute Gasteiger partial charge is 0.243 e. The number of amides is 4. The molecule has 0 N–H and O–H groups in total. The van der Waals surface area contributed by atoms with E-state index in [4.69, 9.17) is 116 Å². The van der Waals surface area contributed by atoms with Crippen molar-refractivity contribution in [1.29, 1.82) is 0 Å². The van der Waals surface area contributed by atoms with Crippen LogP contribution in [0.25, 0.3) is 0 Å². The molecule has 2 saturated heterocycles. The summed E-state index contributed by atoms with van der Waals surface area (Å²) in [5.74, 6) is -4.10. The van der Waals surface area contributed by atoms with E-state index in [-0.39, 0.29) is 23.3 Å². The summed E-state index contributed by atoms with van der Waals surface area (Å²) in [5.41, 5.74) is 0. The summed E-state index contributed by atoms with van der Waals surface area (Å²) in [7, 11) is 2.93. The van der Waals surface area contributed by atoms with E-state index in [1.807, 2.05) is 0 Å². The predicted octanol–water partition coefficient (Wildman–Crippen LogP) is 8.28. The fourth-order valence-corrected chi connectivity index (χ4v) is 12.6. The Bertz CT molecular complexity index is 979. The van der Waals surface area contributed by atoms with Crippen molar-refractivity contribution in [3.8, 4) is 0 Å². The number of carbonyl (C=O) groups is 4. The minimum Gasteiger partial charge on any atom is -0.273 e. The third-order valence-corrected chi connectivity index (χ3v) is 18.2. The summed E-state index contributed by atoms with van der Waals surface area (Å²) in [6.45, 7) is 0. The van der Waals surface area contributed by atoms with E-state index in [1.165, 1.54) is 21.6 Å². The first-order chi connectivity index (χ1) is 18.5. The van der Waals surface area contributed by atoms with E-state index in [0.29, 0.717) is 36.7 Å². The molecule has 2 saturated carbocycles. The minimum absolute atomic E-state index is 0.188. The van der Waals surface area contributed by atoms with Crippen LogP contribution >= 0.6 is 161 Å². The number of imide groups is 2. The number of nitrogens with zero attached hydrogens (tertiary/aromatic N) is 2. The summed E-state index contributed by atoms with van der Waals surface area (Å²) >= 11 is 62.1. The van der Waals surface area contributed by atoms with E-state index in [2.05, 4.69) is 0 Å². The number of hydrogen-bond acceptors (Lipinski definition) is 8. The van der Waals surface area contributed by atoms with Gasteiger partial charge in [0.25, 0.3) is 0 Å². The van der Waals surface area contributed by atoms with Crippen LogP contribution in [0.15, 0.2) is 0 Å². The van der Waals surface area contributed by atoms with Crippen LogP contribution in [-0.4, -0.2) is 70.5 Å². The maximum absolute atomic E-state index is 13.1. The Labute approximate surface area is 297 Å². The van der Waals surface area contributed by atoms with Gasteiger partial charge in [-0.1, -0.05) is 68.0 Å². The van der Waals surface area contributed by atoms with E-state index in [0.717, 1.165) is 8.61 Å². The first-order valence-electron chi connectivity index (χ1n) is 11.5. The molecule has 2 heterocycles. The van der Waals surface area contributed by atoms with Gasteiger partial charge in [0.05, 0.1) is 23.7 Å². The Morgan fingerprint density at radius 1 is 0.575 bits per heavy atom.